The Balaban J connectivity index is 1.42. The van der Waals surface area contributed by atoms with Crippen molar-refractivity contribution in [3.05, 3.63) is 60.8 Å². The van der Waals surface area contributed by atoms with Crippen molar-refractivity contribution in [1.82, 2.24) is 30.5 Å². The summed E-state index contributed by atoms with van der Waals surface area (Å²) < 4.78 is 0. The predicted octanol–water partition coefficient (Wildman–Crippen LogP) is 3.06. The summed E-state index contributed by atoms with van der Waals surface area (Å²) in [5.74, 6) is 1.02. The molecule has 1 aliphatic heterocycles. The van der Waals surface area contributed by atoms with Gasteiger partial charge in [-0.2, -0.15) is 5.10 Å². The van der Waals surface area contributed by atoms with Gasteiger partial charge in [-0.3, -0.25) is 5.10 Å². The van der Waals surface area contributed by atoms with E-state index in [1.165, 1.54) is 11.1 Å². The largest absolute Gasteiger partial charge is 0.356 e. The van der Waals surface area contributed by atoms with Gasteiger partial charge in [-0.1, -0.05) is 18.2 Å². The second kappa shape index (κ2) is 6.76. The normalized spacial score (nSPS) is 16.5. The Morgan fingerprint density at radius 2 is 2.00 bits per heavy atom. The van der Waals surface area contributed by atoms with E-state index < -0.39 is 0 Å². The van der Waals surface area contributed by atoms with Gasteiger partial charge >= 0.3 is 0 Å². The Bertz CT molecular complexity index is 1080. The standard InChI is InChI=1S/C21H23N7/c1-22-21(17-4-2-3-15(11-17)16-12-26-27-13-16)6-9-28(10-7-21)20-18-5-8-23-19(18)24-14-25-20/h2-5,8,11-14,22H,6-7,9-10H2,1H3,(H,26,27)(H,23,24,25). The lowest BCUT2D eigenvalue weighted by Crippen LogP contribution is -2.50. The van der Waals surface area contributed by atoms with Gasteiger partial charge in [0.05, 0.1) is 11.6 Å². The molecule has 7 heteroatoms. The van der Waals surface area contributed by atoms with Gasteiger partial charge in [-0.15, -0.1) is 0 Å². The lowest BCUT2D eigenvalue weighted by atomic mass is 9.80. The Kier molecular flexibility index (Phi) is 4.09. The number of aromatic amines is 2. The predicted molar refractivity (Wildman–Crippen MR) is 110 cm³/mol. The van der Waals surface area contributed by atoms with Crippen molar-refractivity contribution in [1.29, 1.82) is 0 Å². The summed E-state index contributed by atoms with van der Waals surface area (Å²) in [5.41, 5.74) is 4.47. The molecule has 1 aromatic carbocycles. The minimum atomic E-state index is -0.0411. The second-order valence-electron chi connectivity index (χ2n) is 7.32. The lowest BCUT2D eigenvalue weighted by Gasteiger charge is -2.43. The number of hydrogen-bond acceptors (Lipinski definition) is 5. The Morgan fingerprint density at radius 3 is 2.79 bits per heavy atom. The Hall–Kier alpha value is -3.19. The average Bonchev–Trinajstić information content (AvgIpc) is 3.46. The van der Waals surface area contributed by atoms with Gasteiger partial charge in [-0.25, -0.2) is 9.97 Å². The molecule has 0 radical (unpaired) electrons. The van der Waals surface area contributed by atoms with Crippen LogP contribution in [-0.4, -0.2) is 45.3 Å². The van der Waals surface area contributed by atoms with Crippen LogP contribution in [0.15, 0.2) is 55.2 Å². The summed E-state index contributed by atoms with van der Waals surface area (Å²) in [4.78, 5) is 14.4. The summed E-state index contributed by atoms with van der Waals surface area (Å²) in [7, 11) is 2.06. The third kappa shape index (κ3) is 2.75. The van der Waals surface area contributed by atoms with E-state index in [0.29, 0.717) is 0 Å². The maximum Gasteiger partial charge on any atom is 0.142 e. The monoisotopic (exact) mass is 373 g/mol. The Morgan fingerprint density at radius 1 is 1.11 bits per heavy atom. The van der Waals surface area contributed by atoms with Gasteiger partial charge in [0.25, 0.3) is 0 Å². The van der Waals surface area contributed by atoms with Crippen LogP contribution in [0.4, 0.5) is 5.82 Å². The number of rotatable bonds is 4. The van der Waals surface area contributed by atoms with Crippen LogP contribution in [0.25, 0.3) is 22.2 Å². The molecule has 28 heavy (non-hydrogen) atoms. The maximum absolute atomic E-state index is 4.56. The molecule has 4 heterocycles. The van der Waals surface area contributed by atoms with Gasteiger partial charge in [0.2, 0.25) is 0 Å². The minimum absolute atomic E-state index is 0.0411. The highest BCUT2D eigenvalue weighted by molar-refractivity contribution is 5.87. The molecule has 7 nitrogen and oxygen atoms in total. The van der Waals surface area contributed by atoms with Crippen LogP contribution >= 0.6 is 0 Å². The second-order valence-corrected chi connectivity index (χ2v) is 7.32. The van der Waals surface area contributed by atoms with E-state index >= 15 is 0 Å². The number of aromatic nitrogens is 5. The number of nitrogens with one attached hydrogen (secondary N) is 3. The van der Waals surface area contributed by atoms with E-state index in [0.717, 1.165) is 48.3 Å². The van der Waals surface area contributed by atoms with Gasteiger partial charge < -0.3 is 15.2 Å². The topological polar surface area (TPSA) is 85.5 Å². The lowest BCUT2D eigenvalue weighted by molar-refractivity contribution is 0.282. The van der Waals surface area contributed by atoms with Crippen molar-refractivity contribution in [2.45, 2.75) is 18.4 Å². The first kappa shape index (κ1) is 16.9. The Labute approximate surface area is 163 Å². The molecule has 1 saturated heterocycles. The molecular weight excluding hydrogens is 350 g/mol. The minimum Gasteiger partial charge on any atom is -0.356 e. The van der Waals surface area contributed by atoms with Gasteiger partial charge in [0, 0.05) is 36.6 Å². The van der Waals surface area contributed by atoms with E-state index in [-0.39, 0.29) is 5.54 Å². The van der Waals surface area contributed by atoms with E-state index in [9.17, 15) is 0 Å². The molecule has 3 aromatic heterocycles. The third-order valence-corrected chi connectivity index (χ3v) is 5.97. The molecule has 1 aliphatic rings. The highest BCUT2D eigenvalue weighted by atomic mass is 15.2. The highest BCUT2D eigenvalue weighted by Gasteiger charge is 2.35. The van der Waals surface area contributed by atoms with Crippen LogP contribution in [0.3, 0.4) is 0 Å². The molecule has 5 rings (SSSR count). The first-order valence-corrected chi connectivity index (χ1v) is 9.61. The van der Waals surface area contributed by atoms with Gasteiger partial charge in [-0.05, 0) is 43.1 Å². The van der Waals surface area contributed by atoms with Crippen molar-refractivity contribution in [2.75, 3.05) is 25.0 Å². The fourth-order valence-corrected chi connectivity index (χ4v) is 4.30. The van der Waals surface area contributed by atoms with E-state index in [1.807, 2.05) is 18.6 Å². The molecule has 0 aliphatic carbocycles. The summed E-state index contributed by atoms with van der Waals surface area (Å²) >= 11 is 0. The smallest absolute Gasteiger partial charge is 0.142 e. The van der Waals surface area contributed by atoms with Gasteiger partial charge in [0.1, 0.15) is 17.8 Å². The van der Waals surface area contributed by atoms with Crippen molar-refractivity contribution in [3.8, 4) is 11.1 Å². The molecule has 0 amide bonds. The number of hydrogen-bond donors (Lipinski definition) is 3. The SMILES string of the molecule is CNC1(c2cccc(-c3cn[nH]c3)c2)CCN(c2ncnc3[nH]ccc23)CC1. The molecule has 4 aromatic rings. The summed E-state index contributed by atoms with van der Waals surface area (Å²) in [6, 6.07) is 10.8. The van der Waals surface area contributed by atoms with Crippen LogP contribution in [0.2, 0.25) is 0 Å². The number of benzene rings is 1. The number of anilines is 1. The van der Waals surface area contributed by atoms with E-state index in [1.54, 1.807) is 6.33 Å². The van der Waals surface area contributed by atoms with Gasteiger partial charge in [0.15, 0.2) is 0 Å². The fraction of sp³-hybridized carbons (Fsp3) is 0.286. The highest BCUT2D eigenvalue weighted by Crippen LogP contribution is 2.36. The first-order valence-electron chi connectivity index (χ1n) is 9.61. The third-order valence-electron chi connectivity index (χ3n) is 5.97. The molecule has 0 saturated carbocycles. The number of piperidine rings is 1. The molecule has 0 spiro atoms. The molecular formula is C21H23N7. The quantitative estimate of drug-likeness (QED) is 0.512. The van der Waals surface area contributed by atoms with Crippen molar-refractivity contribution >= 4 is 16.9 Å². The number of H-pyrrole nitrogens is 2. The van der Waals surface area contributed by atoms with Crippen LogP contribution in [-0.2, 0) is 5.54 Å². The maximum atomic E-state index is 4.56. The van der Waals surface area contributed by atoms with Crippen LogP contribution in [0, 0.1) is 0 Å². The molecule has 0 unspecified atom stereocenters. The summed E-state index contributed by atoms with van der Waals surface area (Å²) in [6.07, 6.45) is 9.38. The molecule has 0 bridgehead atoms. The molecule has 0 atom stereocenters. The average molecular weight is 373 g/mol. The number of nitrogens with zero attached hydrogens (tertiary/aromatic N) is 4. The van der Waals surface area contributed by atoms with Crippen LogP contribution < -0.4 is 10.2 Å². The fourth-order valence-electron chi connectivity index (χ4n) is 4.30. The van der Waals surface area contributed by atoms with E-state index in [2.05, 4.69) is 72.7 Å². The van der Waals surface area contributed by atoms with Crippen molar-refractivity contribution in [3.63, 3.8) is 0 Å². The van der Waals surface area contributed by atoms with Crippen LogP contribution in [0.5, 0.6) is 0 Å². The zero-order valence-corrected chi connectivity index (χ0v) is 15.8. The number of fused-ring (bicyclic) bond motifs is 1. The zero-order chi connectivity index (χ0) is 19.0. The van der Waals surface area contributed by atoms with E-state index in [4.69, 9.17) is 0 Å². The molecule has 142 valence electrons. The molecule has 3 N–H and O–H groups in total. The van der Waals surface area contributed by atoms with Crippen LogP contribution in [0.1, 0.15) is 18.4 Å². The van der Waals surface area contributed by atoms with Crippen molar-refractivity contribution < 1.29 is 0 Å². The zero-order valence-electron chi connectivity index (χ0n) is 15.8. The molecule has 1 fully saturated rings. The summed E-state index contributed by atoms with van der Waals surface area (Å²) in [6.45, 7) is 1.88. The summed E-state index contributed by atoms with van der Waals surface area (Å²) in [5, 5.41) is 11.7. The van der Waals surface area contributed by atoms with Crippen molar-refractivity contribution in [2.24, 2.45) is 0 Å². The first-order chi connectivity index (χ1) is 13.8.